The highest BCUT2D eigenvalue weighted by Gasteiger charge is 2.35. The van der Waals surface area contributed by atoms with E-state index in [9.17, 15) is 14.0 Å². The summed E-state index contributed by atoms with van der Waals surface area (Å²) in [5.74, 6) is -0.228. The number of nitrogens with zero attached hydrogens (tertiary/aromatic N) is 1. The molecular formula is C23H18FNO3S. The van der Waals surface area contributed by atoms with Crippen LogP contribution in [-0.4, -0.2) is 22.7 Å². The minimum Gasteiger partial charge on any atom is -0.493 e. The maximum absolute atomic E-state index is 14.0. The molecule has 0 unspecified atom stereocenters. The summed E-state index contributed by atoms with van der Waals surface area (Å²) < 4.78 is 19.7. The third-order valence-corrected chi connectivity index (χ3v) is 5.57. The Morgan fingerprint density at radius 2 is 1.79 bits per heavy atom. The number of fused-ring (bicyclic) bond motifs is 1. The molecule has 4 nitrogen and oxygen atoms in total. The fourth-order valence-electron chi connectivity index (χ4n) is 3.27. The standard InChI is InChI=1S/C23H18FNO3S/c1-2-28-20-12-11-15-7-3-5-9-17(15)18(20)13-21-22(26)25(23(27)29-21)14-16-8-4-6-10-19(16)24/h3-13H,2,14H2,1H3/b21-13+. The van der Waals surface area contributed by atoms with Crippen molar-refractivity contribution in [2.75, 3.05) is 6.61 Å². The van der Waals surface area contributed by atoms with E-state index in [-0.39, 0.29) is 6.54 Å². The highest BCUT2D eigenvalue weighted by molar-refractivity contribution is 8.18. The lowest BCUT2D eigenvalue weighted by Gasteiger charge is -2.13. The number of hydrogen-bond donors (Lipinski definition) is 0. The number of thioether (sulfide) groups is 1. The molecule has 0 spiro atoms. The first-order valence-corrected chi connectivity index (χ1v) is 10.0. The Morgan fingerprint density at radius 1 is 1.03 bits per heavy atom. The largest absolute Gasteiger partial charge is 0.493 e. The molecule has 0 saturated carbocycles. The second-order valence-corrected chi connectivity index (χ2v) is 7.48. The Hall–Kier alpha value is -3.12. The first kappa shape index (κ1) is 19.2. The summed E-state index contributed by atoms with van der Waals surface area (Å²) in [5, 5.41) is 1.52. The summed E-state index contributed by atoms with van der Waals surface area (Å²) in [6, 6.07) is 17.7. The molecule has 2 amide bonds. The Bertz CT molecular complexity index is 1140. The van der Waals surface area contributed by atoms with Crippen molar-refractivity contribution < 1.29 is 18.7 Å². The average Bonchev–Trinajstić information content (AvgIpc) is 2.99. The lowest BCUT2D eigenvalue weighted by atomic mass is 10.0. The van der Waals surface area contributed by atoms with Crippen LogP contribution in [0.25, 0.3) is 16.8 Å². The molecule has 0 radical (unpaired) electrons. The SMILES string of the molecule is CCOc1ccc2ccccc2c1/C=C1/SC(=O)N(Cc2ccccc2F)C1=O. The van der Waals surface area contributed by atoms with E-state index in [0.717, 1.165) is 33.0 Å². The van der Waals surface area contributed by atoms with Gasteiger partial charge < -0.3 is 4.74 Å². The van der Waals surface area contributed by atoms with Gasteiger partial charge in [0.05, 0.1) is 18.1 Å². The molecule has 4 rings (SSSR count). The number of benzene rings is 3. The molecule has 0 atom stereocenters. The van der Waals surface area contributed by atoms with Gasteiger partial charge in [-0.2, -0.15) is 0 Å². The van der Waals surface area contributed by atoms with Crippen molar-refractivity contribution in [2.24, 2.45) is 0 Å². The number of carbonyl (C=O) groups is 2. The van der Waals surface area contributed by atoms with Crippen molar-refractivity contribution in [1.29, 1.82) is 0 Å². The smallest absolute Gasteiger partial charge is 0.293 e. The number of amides is 2. The topological polar surface area (TPSA) is 46.6 Å². The molecule has 29 heavy (non-hydrogen) atoms. The zero-order valence-electron chi connectivity index (χ0n) is 15.7. The van der Waals surface area contributed by atoms with Crippen molar-refractivity contribution >= 4 is 39.8 Å². The molecular weight excluding hydrogens is 389 g/mol. The van der Waals surface area contributed by atoms with E-state index in [1.165, 1.54) is 6.07 Å². The molecule has 0 aliphatic carbocycles. The summed E-state index contributed by atoms with van der Waals surface area (Å²) in [7, 11) is 0. The number of rotatable bonds is 5. The van der Waals surface area contributed by atoms with Gasteiger partial charge >= 0.3 is 0 Å². The zero-order valence-corrected chi connectivity index (χ0v) is 16.5. The van der Waals surface area contributed by atoms with Crippen LogP contribution < -0.4 is 4.74 Å². The molecule has 146 valence electrons. The average molecular weight is 407 g/mol. The van der Waals surface area contributed by atoms with Crippen LogP contribution in [0.15, 0.2) is 65.6 Å². The molecule has 0 bridgehead atoms. The van der Waals surface area contributed by atoms with Crippen molar-refractivity contribution in [3.63, 3.8) is 0 Å². The van der Waals surface area contributed by atoms with Gasteiger partial charge in [-0.15, -0.1) is 0 Å². The number of halogens is 1. The normalized spacial score (nSPS) is 15.5. The van der Waals surface area contributed by atoms with Crippen LogP contribution in [0.4, 0.5) is 9.18 Å². The van der Waals surface area contributed by atoms with Crippen LogP contribution in [0.1, 0.15) is 18.1 Å². The van der Waals surface area contributed by atoms with E-state index in [4.69, 9.17) is 4.74 Å². The molecule has 0 aromatic heterocycles. The van der Waals surface area contributed by atoms with Gasteiger partial charge in [0, 0.05) is 11.1 Å². The predicted octanol–water partition coefficient (Wildman–Crippen LogP) is 5.61. The van der Waals surface area contributed by atoms with E-state index in [0.29, 0.717) is 22.8 Å². The molecule has 1 fully saturated rings. The third kappa shape index (κ3) is 3.76. The molecule has 0 N–H and O–H groups in total. The van der Waals surface area contributed by atoms with Crippen LogP contribution in [0, 0.1) is 5.82 Å². The lowest BCUT2D eigenvalue weighted by Crippen LogP contribution is -2.27. The van der Waals surface area contributed by atoms with Gasteiger partial charge in [-0.3, -0.25) is 14.5 Å². The molecule has 1 aliphatic heterocycles. The molecule has 3 aromatic carbocycles. The highest BCUT2D eigenvalue weighted by atomic mass is 32.2. The van der Waals surface area contributed by atoms with Crippen LogP contribution in [0.5, 0.6) is 5.75 Å². The van der Waals surface area contributed by atoms with Crippen LogP contribution in [0.2, 0.25) is 0 Å². The summed E-state index contributed by atoms with van der Waals surface area (Å²) in [4.78, 5) is 26.7. The Labute approximate surface area is 172 Å². The fourth-order valence-corrected chi connectivity index (χ4v) is 4.09. The summed E-state index contributed by atoms with van der Waals surface area (Å²) in [5.41, 5.74) is 1.05. The van der Waals surface area contributed by atoms with Gasteiger partial charge in [0.15, 0.2) is 0 Å². The van der Waals surface area contributed by atoms with E-state index in [1.807, 2.05) is 43.3 Å². The Kier molecular flexibility index (Phi) is 5.36. The molecule has 1 aliphatic rings. The second kappa shape index (κ2) is 8.09. The van der Waals surface area contributed by atoms with E-state index in [2.05, 4.69) is 0 Å². The first-order valence-electron chi connectivity index (χ1n) is 9.22. The number of imide groups is 1. The summed E-state index contributed by atoms with van der Waals surface area (Å²) in [6.45, 7) is 2.28. The Balaban J connectivity index is 1.72. The van der Waals surface area contributed by atoms with Crippen LogP contribution in [0.3, 0.4) is 0 Å². The first-order chi connectivity index (χ1) is 14.1. The van der Waals surface area contributed by atoms with Crippen molar-refractivity contribution in [3.8, 4) is 5.75 Å². The summed E-state index contributed by atoms with van der Waals surface area (Å²) in [6.07, 6.45) is 1.69. The quantitative estimate of drug-likeness (QED) is 0.516. The number of ether oxygens (including phenoxy) is 1. The highest BCUT2D eigenvalue weighted by Crippen LogP contribution is 2.37. The maximum atomic E-state index is 14.0. The van der Waals surface area contributed by atoms with Crippen molar-refractivity contribution in [3.05, 3.63) is 82.5 Å². The van der Waals surface area contributed by atoms with Gasteiger partial charge in [-0.1, -0.05) is 48.5 Å². The Morgan fingerprint density at radius 3 is 2.59 bits per heavy atom. The van der Waals surface area contributed by atoms with Crippen LogP contribution in [-0.2, 0) is 11.3 Å². The van der Waals surface area contributed by atoms with Gasteiger partial charge in [-0.05, 0) is 47.7 Å². The lowest BCUT2D eigenvalue weighted by molar-refractivity contribution is -0.123. The number of carbonyl (C=O) groups excluding carboxylic acids is 2. The molecule has 1 heterocycles. The minimum absolute atomic E-state index is 0.0947. The van der Waals surface area contributed by atoms with Crippen molar-refractivity contribution in [2.45, 2.75) is 13.5 Å². The van der Waals surface area contributed by atoms with E-state index >= 15 is 0 Å². The van der Waals surface area contributed by atoms with Gasteiger partial charge in [0.1, 0.15) is 11.6 Å². The van der Waals surface area contributed by atoms with Gasteiger partial charge in [0.2, 0.25) is 0 Å². The van der Waals surface area contributed by atoms with Crippen LogP contribution >= 0.6 is 11.8 Å². The monoisotopic (exact) mass is 407 g/mol. The fraction of sp³-hybridized carbons (Fsp3) is 0.130. The van der Waals surface area contributed by atoms with Crippen molar-refractivity contribution in [1.82, 2.24) is 4.90 Å². The molecule has 6 heteroatoms. The van der Waals surface area contributed by atoms with E-state index in [1.54, 1.807) is 24.3 Å². The minimum atomic E-state index is -0.441. The van der Waals surface area contributed by atoms with E-state index < -0.39 is 17.0 Å². The third-order valence-electron chi connectivity index (χ3n) is 4.67. The maximum Gasteiger partial charge on any atom is 0.293 e. The van der Waals surface area contributed by atoms with Gasteiger partial charge in [0.25, 0.3) is 11.1 Å². The summed E-state index contributed by atoms with van der Waals surface area (Å²) >= 11 is 0.858. The second-order valence-electron chi connectivity index (χ2n) is 6.49. The number of hydrogen-bond acceptors (Lipinski definition) is 4. The molecule has 3 aromatic rings. The zero-order chi connectivity index (χ0) is 20.4. The predicted molar refractivity (Wildman–Crippen MR) is 113 cm³/mol. The molecule has 1 saturated heterocycles. The van der Waals surface area contributed by atoms with Gasteiger partial charge in [-0.25, -0.2) is 4.39 Å².